The van der Waals surface area contributed by atoms with E-state index in [-0.39, 0.29) is 11.9 Å². The Hall–Kier alpha value is -2.93. The molecule has 0 saturated carbocycles. The number of carbonyl (C=O) groups is 1. The molecule has 7 heteroatoms. The first-order valence-electron chi connectivity index (χ1n) is 10.3. The molecule has 0 bridgehead atoms. The van der Waals surface area contributed by atoms with Crippen LogP contribution in [0.1, 0.15) is 46.0 Å². The first-order chi connectivity index (χ1) is 14.2. The molecule has 0 unspecified atom stereocenters. The molecule has 4 heterocycles. The van der Waals surface area contributed by atoms with Crippen LogP contribution in [-0.4, -0.2) is 44.7 Å². The SMILES string of the molecule is Cc1c(C(=O)N2CCC[C@@H]2CN)oc2c1-c1nn(Cc3ccccn3)cc1CC2. The van der Waals surface area contributed by atoms with Gasteiger partial charge in [0.15, 0.2) is 5.76 Å². The Morgan fingerprint density at radius 3 is 3.03 bits per heavy atom. The molecule has 1 fully saturated rings. The van der Waals surface area contributed by atoms with E-state index in [4.69, 9.17) is 15.2 Å². The summed E-state index contributed by atoms with van der Waals surface area (Å²) in [6, 6.07) is 6.00. The van der Waals surface area contributed by atoms with Crippen LogP contribution >= 0.6 is 0 Å². The van der Waals surface area contributed by atoms with Gasteiger partial charge in [0.25, 0.3) is 5.91 Å². The molecule has 0 spiro atoms. The fourth-order valence-electron chi connectivity index (χ4n) is 4.58. The fourth-order valence-corrected chi connectivity index (χ4v) is 4.58. The maximum Gasteiger partial charge on any atom is 0.290 e. The van der Waals surface area contributed by atoms with E-state index in [1.807, 2.05) is 34.7 Å². The number of rotatable bonds is 4. The van der Waals surface area contributed by atoms with Gasteiger partial charge < -0.3 is 15.1 Å². The lowest BCUT2D eigenvalue weighted by Crippen LogP contribution is -2.40. The molecule has 1 aliphatic carbocycles. The second-order valence-corrected chi connectivity index (χ2v) is 7.91. The van der Waals surface area contributed by atoms with Gasteiger partial charge in [-0.25, -0.2) is 0 Å². The number of aromatic nitrogens is 3. The predicted molar refractivity (Wildman–Crippen MR) is 109 cm³/mol. The van der Waals surface area contributed by atoms with E-state index in [2.05, 4.69) is 11.2 Å². The maximum absolute atomic E-state index is 13.2. The Morgan fingerprint density at radius 2 is 2.24 bits per heavy atom. The molecule has 3 aromatic heterocycles. The highest BCUT2D eigenvalue weighted by Gasteiger charge is 2.35. The Kier molecular flexibility index (Phi) is 4.47. The standard InChI is InChI=1S/C22H25N5O2/c1-14-19-18(29-21(14)22(28)27-10-4-6-17(27)11-23)8-7-15-12-26(25-20(15)19)13-16-5-2-3-9-24-16/h2-3,5,9,12,17H,4,6-8,10-11,13,23H2,1H3/t17-/m1/s1. The summed E-state index contributed by atoms with van der Waals surface area (Å²) in [4.78, 5) is 19.4. The zero-order chi connectivity index (χ0) is 20.0. The van der Waals surface area contributed by atoms with Crippen molar-refractivity contribution in [2.75, 3.05) is 13.1 Å². The summed E-state index contributed by atoms with van der Waals surface area (Å²) in [5.74, 6) is 1.27. The second kappa shape index (κ2) is 7.15. The normalized spacial score (nSPS) is 18.0. The van der Waals surface area contributed by atoms with Crippen molar-refractivity contribution in [2.24, 2.45) is 5.73 Å². The molecule has 1 atom stereocenters. The van der Waals surface area contributed by atoms with Gasteiger partial charge in [0.05, 0.1) is 17.9 Å². The van der Waals surface area contributed by atoms with Crippen LogP contribution in [0.25, 0.3) is 11.3 Å². The Morgan fingerprint density at radius 1 is 1.34 bits per heavy atom. The number of nitrogens with two attached hydrogens (primary N) is 1. The summed E-state index contributed by atoms with van der Waals surface area (Å²) < 4.78 is 8.03. The third-order valence-corrected chi connectivity index (χ3v) is 6.07. The number of hydrogen-bond donors (Lipinski definition) is 1. The Bertz CT molecular complexity index is 1050. The average molecular weight is 391 g/mol. The van der Waals surface area contributed by atoms with Gasteiger partial charge >= 0.3 is 0 Å². The summed E-state index contributed by atoms with van der Waals surface area (Å²) >= 11 is 0. The average Bonchev–Trinajstić information content (AvgIpc) is 3.44. The molecule has 0 aromatic carbocycles. The highest BCUT2D eigenvalue weighted by atomic mass is 16.4. The summed E-state index contributed by atoms with van der Waals surface area (Å²) in [5, 5.41) is 4.82. The Labute approximate surface area is 169 Å². The monoisotopic (exact) mass is 391 g/mol. The van der Waals surface area contributed by atoms with E-state index in [9.17, 15) is 4.79 Å². The molecule has 5 rings (SSSR count). The van der Waals surface area contributed by atoms with Crippen molar-refractivity contribution in [1.82, 2.24) is 19.7 Å². The van der Waals surface area contributed by atoms with Gasteiger partial charge in [-0.15, -0.1) is 0 Å². The molecular weight excluding hydrogens is 366 g/mol. The molecule has 0 radical (unpaired) electrons. The fraction of sp³-hybridized carbons (Fsp3) is 0.409. The van der Waals surface area contributed by atoms with Crippen LogP contribution in [0, 0.1) is 6.92 Å². The number of carbonyl (C=O) groups excluding carboxylic acids is 1. The first-order valence-corrected chi connectivity index (χ1v) is 10.3. The topological polar surface area (TPSA) is 90.2 Å². The highest BCUT2D eigenvalue weighted by molar-refractivity contribution is 5.96. The predicted octanol–water partition coefficient (Wildman–Crippen LogP) is 2.56. The minimum absolute atomic E-state index is 0.0423. The zero-order valence-corrected chi connectivity index (χ0v) is 16.6. The molecule has 1 saturated heterocycles. The van der Waals surface area contributed by atoms with Crippen LogP contribution in [0.4, 0.5) is 0 Å². The summed E-state index contributed by atoms with van der Waals surface area (Å²) in [6.07, 6.45) is 7.49. The lowest BCUT2D eigenvalue weighted by Gasteiger charge is -2.22. The van der Waals surface area contributed by atoms with Crippen LogP contribution in [0.5, 0.6) is 0 Å². The van der Waals surface area contributed by atoms with Gasteiger partial charge in [-0.1, -0.05) is 6.07 Å². The van der Waals surface area contributed by atoms with Crippen molar-refractivity contribution in [3.63, 3.8) is 0 Å². The summed E-state index contributed by atoms with van der Waals surface area (Å²) in [6.45, 7) is 3.83. The van der Waals surface area contributed by atoms with Gasteiger partial charge in [-0.2, -0.15) is 5.10 Å². The molecule has 3 aromatic rings. The van der Waals surface area contributed by atoms with Crippen molar-refractivity contribution < 1.29 is 9.21 Å². The first kappa shape index (κ1) is 18.1. The lowest BCUT2D eigenvalue weighted by molar-refractivity contribution is 0.0706. The number of nitrogens with zero attached hydrogens (tertiary/aromatic N) is 4. The van der Waals surface area contributed by atoms with Crippen molar-refractivity contribution in [3.05, 3.63) is 58.9 Å². The summed E-state index contributed by atoms with van der Waals surface area (Å²) in [7, 11) is 0. The van der Waals surface area contributed by atoms with Crippen molar-refractivity contribution >= 4 is 5.91 Å². The number of pyridine rings is 1. The van der Waals surface area contributed by atoms with Crippen molar-refractivity contribution in [1.29, 1.82) is 0 Å². The quantitative estimate of drug-likeness (QED) is 0.738. The number of amides is 1. The van der Waals surface area contributed by atoms with Crippen LogP contribution in [0.15, 0.2) is 35.0 Å². The summed E-state index contributed by atoms with van der Waals surface area (Å²) in [5.41, 5.74) is 10.8. The van der Waals surface area contributed by atoms with Gasteiger partial charge in [-0.3, -0.25) is 14.5 Å². The minimum atomic E-state index is -0.0423. The van der Waals surface area contributed by atoms with Gasteiger partial charge in [-0.05, 0) is 43.9 Å². The molecular formula is C22H25N5O2. The third-order valence-electron chi connectivity index (χ3n) is 6.07. The van der Waals surface area contributed by atoms with E-state index in [1.54, 1.807) is 6.20 Å². The van der Waals surface area contributed by atoms with Crippen LogP contribution < -0.4 is 5.73 Å². The number of hydrogen-bond acceptors (Lipinski definition) is 5. The minimum Gasteiger partial charge on any atom is -0.455 e. The van der Waals surface area contributed by atoms with Crippen molar-refractivity contribution in [2.45, 2.75) is 45.2 Å². The van der Waals surface area contributed by atoms with E-state index in [1.165, 1.54) is 5.56 Å². The van der Waals surface area contributed by atoms with Crippen LogP contribution in [-0.2, 0) is 19.4 Å². The number of fused-ring (bicyclic) bond motifs is 3. The molecule has 29 heavy (non-hydrogen) atoms. The molecule has 2 N–H and O–H groups in total. The molecule has 150 valence electrons. The van der Waals surface area contributed by atoms with Crippen LogP contribution in [0.3, 0.4) is 0 Å². The highest BCUT2D eigenvalue weighted by Crippen LogP contribution is 2.39. The van der Waals surface area contributed by atoms with E-state index in [0.29, 0.717) is 18.8 Å². The third kappa shape index (κ3) is 3.06. The van der Waals surface area contributed by atoms with Gasteiger partial charge in [0.2, 0.25) is 0 Å². The smallest absolute Gasteiger partial charge is 0.290 e. The number of aryl methyl sites for hydroxylation is 2. The molecule has 1 amide bonds. The second-order valence-electron chi connectivity index (χ2n) is 7.91. The van der Waals surface area contributed by atoms with Gasteiger partial charge in [0.1, 0.15) is 5.76 Å². The molecule has 2 aliphatic rings. The largest absolute Gasteiger partial charge is 0.455 e. The lowest BCUT2D eigenvalue weighted by atomic mass is 9.93. The maximum atomic E-state index is 13.2. The molecule has 1 aliphatic heterocycles. The number of furan rings is 1. The van der Waals surface area contributed by atoms with E-state index >= 15 is 0 Å². The van der Waals surface area contributed by atoms with E-state index < -0.39 is 0 Å². The zero-order valence-electron chi connectivity index (χ0n) is 16.6. The van der Waals surface area contributed by atoms with Crippen LogP contribution in [0.2, 0.25) is 0 Å². The molecule has 7 nitrogen and oxygen atoms in total. The van der Waals surface area contributed by atoms with E-state index in [0.717, 1.165) is 60.5 Å². The Balaban J connectivity index is 1.48. The van der Waals surface area contributed by atoms with Crippen molar-refractivity contribution in [3.8, 4) is 11.3 Å². The van der Waals surface area contributed by atoms with Gasteiger partial charge in [0, 0.05) is 49.1 Å². The number of likely N-dealkylation sites (tertiary alicyclic amines) is 1.